The Kier molecular flexibility index (Phi) is 5.35. The molecule has 0 aliphatic rings. The molecule has 19 heavy (non-hydrogen) atoms. The summed E-state index contributed by atoms with van der Waals surface area (Å²) in [4.78, 5) is 23.5. The first kappa shape index (κ1) is 15.5. The SMILES string of the molecule is CCn1ncc(NC(C(=O)OC)C(C)C)c(Cl)c1=O. The highest BCUT2D eigenvalue weighted by Gasteiger charge is 2.24. The number of hydrogen-bond donors (Lipinski definition) is 1. The summed E-state index contributed by atoms with van der Waals surface area (Å²) < 4.78 is 5.96. The Hall–Kier alpha value is -1.56. The van der Waals surface area contributed by atoms with Crippen molar-refractivity contribution in [3.63, 3.8) is 0 Å². The third kappa shape index (κ3) is 3.47. The van der Waals surface area contributed by atoms with E-state index < -0.39 is 12.0 Å². The number of nitrogens with zero attached hydrogens (tertiary/aromatic N) is 2. The van der Waals surface area contributed by atoms with Crippen molar-refractivity contribution in [2.24, 2.45) is 5.92 Å². The second-order valence-electron chi connectivity index (χ2n) is 4.38. The highest BCUT2D eigenvalue weighted by molar-refractivity contribution is 6.33. The number of carbonyl (C=O) groups is 1. The van der Waals surface area contributed by atoms with Crippen LogP contribution in [0.1, 0.15) is 20.8 Å². The number of methoxy groups -OCH3 is 1. The Bertz CT molecular complexity index is 513. The Balaban J connectivity index is 3.08. The van der Waals surface area contributed by atoms with Gasteiger partial charge in [0.05, 0.1) is 19.0 Å². The first-order chi connectivity index (χ1) is 8.92. The van der Waals surface area contributed by atoms with Gasteiger partial charge in [-0.2, -0.15) is 5.10 Å². The van der Waals surface area contributed by atoms with Crippen LogP contribution in [-0.2, 0) is 16.1 Å². The number of ether oxygens (including phenoxy) is 1. The van der Waals surface area contributed by atoms with Gasteiger partial charge in [-0.25, -0.2) is 9.48 Å². The molecular formula is C12H18ClN3O3. The number of esters is 1. The summed E-state index contributed by atoms with van der Waals surface area (Å²) in [5.41, 5.74) is -0.0537. The monoisotopic (exact) mass is 287 g/mol. The van der Waals surface area contributed by atoms with E-state index in [1.165, 1.54) is 18.0 Å². The van der Waals surface area contributed by atoms with Crippen LogP contribution in [0.15, 0.2) is 11.0 Å². The zero-order chi connectivity index (χ0) is 14.6. The Morgan fingerprint density at radius 2 is 2.21 bits per heavy atom. The van der Waals surface area contributed by atoms with Crippen LogP contribution in [0.2, 0.25) is 5.02 Å². The van der Waals surface area contributed by atoms with Crippen molar-refractivity contribution in [3.05, 3.63) is 21.6 Å². The largest absolute Gasteiger partial charge is 0.467 e. The molecule has 1 heterocycles. The molecule has 0 bridgehead atoms. The summed E-state index contributed by atoms with van der Waals surface area (Å²) in [5, 5.41) is 6.89. The minimum atomic E-state index is -0.582. The fourth-order valence-electron chi connectivity index (χ4n) is 1.58. The number of anilines is 1. The third-order valence-corrected chi connectivity index (χ3v) is 3.08. The van der Waals surface area contributed by atoms with Crippen molar-refractivity contribution in [2.75, 3.05) is 12.4 Å². The second-order valence-corrected chi connectivity index (χ2v) is 4.76. The van der Waals surface area contributed by atoms with Gasteiger partial charge in [0.2, 0.25) is 0 Å². The van der Waals surface area contributed by atoms with Crippen LogP contribution in [0, 0.1) is 5.92 Å². The highest BCUT2D eigenvalue weighted by Crippen LogP contribution is 2.19. The van der Waals surface area contributed by atoms with Gasteiger partial charge in [-0.05, 0) is 12.8 Å². The summed E-state index contributed by atoms with van der Waals surface area (Å²) in [6.07, 6.45) is 1.44. The molecule has 0 saturated carbocycles. The predicted octanol–water partition coefficient (Wildman–Crippen LogP) is 1.53. The molecule has 1 N–H and O–H groups in total. The summed E-state index contributed by atoms with van der Waals surface area (Å²) in [5.74, 6) is -0.428. The molecule has 0 spiro atoms. The van der Waals surface area contributed by atoms with Crippen LogP contribution in [-0.4, -0.2) is 28.9 Å². The molecule has 0 aliphatic heterocycles. The first-order valence-electron chi connectivity index (χ1n) is 6.02. The summed E-state index contributed by atoms with van der Waals surface area (Å²) >= 11 is 5.99. The fraction of sp³-hybridized carbons (Fsp3) is 0.583. The molecule has 1 atom stereocenters. The summed E-state index contributed by atoms with van der Waals surface area (Å²) in [6, 6.07) is -0.582. The topological polar surface area (TPSA) is 73.2 Å². The smallest absolute Gasteiger partial charge is 0.328 e. The van der Waals surface area contributed by atoms with Crippen molar-refractivity contribution >= 4 is 23.3 Å². The van der Waals surface area contributed by atoms with Gasteiger partial charge in [-0.15, -0.1) is 0 Å². The number of halogens is 1. The zero-order valence-corrected chi connectivity index (χ0v) is 12.2. The van der Waals surface area contributed by atoms with Gasteiger partial charge < -0.3 is 10.1 Å². The van der Waals surface area contributed by atoms with Gasteiger partial charge in [0.25, 0.3) is 5.56 Å². The molecule has 0 radical (unpaired) electrons. The molecule has 106 valence electrons. The summed E-state index contributed by atoms with van der Waals surface area (Å²) in [7, 11) is 1.31. The molecule has 0 fully saturated rings. The molecule has 6 nitrogen and oxygen atoms in total. The van der Waals surface area contributed by atoms with Crippen LogP contribution in [0.25, 0.3) is 0 Å². The molecule has 1 unspecified atom stereocenters. The predicted molar refractivity (Wildman–Crippen MR) is 73.4 cm³/mol. The lowest BCUT2D eigenvalue weighted by atomic mass is 10.0. The lowest BCUT2D eigenvalue weighted by molar-refractivity contribution is -0.142. The quantitative estimate of drug-likeness (QED) is 0.831. The van der Waals surface area contributed by atoms with Gasteiger partial charge in [-0.1, -0.05) is 25.4 Å². The number of aryl methyl sites for hydroxylation is 1. The third-order valence-electron chi connectivity index (χ3n) is 2.72. The fourth-order valence-corrected chi connectivity index (χ4v) is 1.78. The number of carbonyl (C=O) groups excluding carboxylic acids is 1. The summed E-state index contributed by atoms with van der Waals surface area (Å²) in [6.45, 7) is 5.96. The van der Waals surface area contributed by atoms with E-state index in [1.807, 2.05) is 13.8 Å². The average molecular weight is 288 g/mol. The number of aromatic nitrogens is 2. The van der Waals surface area contributed by atoms with Crippen LogP contribution < -0.4 is 10.9 Å². The maximum absolute atomic E-state index is 11.8. The molecular weight excluding hydrogens is 270 g/mol. The van der Waals surface area contributed by atoms with Gasteiger partial charge in [0.15, 0.2) is 0 Å². The van der Waals surface area contributed by atoms with E-state index >= 15 is 0 Å². The maximum Gasteiger partial charge on any atom is 0.328 e. The van der Waals surface area contributed by atoms with Gasteiger partial charge in [0, 0.05) is 6.54 Å². The van der Waals surface area contributed by atoms with Crippen LogP contribution in [0.4, 0.5) is 5.69 Å². The van der Waals surface area contributed by atoms with E-state index in [1.54, 1.807) is 6.92 Å². The average Bonchev–Trinajstić information content (AvgIpc) is 2.39. The molecule has 7 heteroatoms. The van der Waals surface area contributed by atoms with E-state index in [0.29, 0.717) is 12.2 Å². The van der Waals surface area contributed by atoms with Crippen LogP contribution >= 0.6 is 11.6 Å². The molecule has 0 amide bonds. The molecule has 1 rings (SSSR count). The lowest BCUT2D eigenvalue weighted by Crippen LogP contribution is -2.36. The standard InChI is InChI=1S/C12H18ClN3O3/c1-5-16-11(17)9(13)8(6-14-16)15-10(7(2)3)12(18)19-4/h6-7,10,15H,5H2,1-4H3. The van der Waals surface area contributed by atoms with Crippen molar-refractivity contribution in [1.29, 1.82) is 0 Å². The number of rotatable bonds is 5. The van der Waals surface area contributed by atoms with Crippen molar-refractivity contribution < 1.29 is 9.53 Å². The van der Waals surface area contributed by atoms with Crippen molar-refractivity contribution in [2.45, 2.75) is 33.4 Å². The molecule has 1 aromatic heterocycles. The number of hydrogen-bond acceptors (Lipinski definition) is 5. The van der Waals surface area contributed by atoms with E-state index in [0.717, 1.165) is 0 Å². The van der Waals surface area contributed by atoms with E-state index in [4.69, 9.17) is 16.3 Å². The highest BCUT2D eigenvalue weighted by atomic mass is 35.5. The van der Waals surface area contributed by atoms with E-state index in [9.17, 15) is 9.59 Å². The van der Waals surface area contributed by atoms with E-state index in [2.05, 4.69) is 10.4 Å². The van der Waals surface area contributed by atoms with E-state index in [-0.39, 0.29) is 16.5 Å². The Labute approximate surface area is 116 Å². The normalized spacial score (nSPS) is 12.3. The maximum atomic E-state index is 11.8. The lowest BCUT2D eigenvalue weighted by Gasteiger charge is -2.21. The van der Waals surface area contributed by atoms with Crippen molar-refractivity contribution in [1.82, 2.24) is 9.78 Å². The van der Waals surface area contributed by atoms with Gasteiger partial charge >= 0.3 is 5.97 Å². The minimum Gasteiger partial charge on any atom is -0.467 e. The van der Waals surface area contributed by atoms with Crippen LogP contribution in [0.5, 0.6) is 0 Å². The minimum absolute atomic E-state index is 0.0166. The molecule has 0 saturated heterocycles. The second kappa shape index (κ2) is 6.56. The Morgan fingerprint density at radius 3 is 2.68 bits per heavy atom. The Morgan fingerprint density at radius 1 is 1.58 bits per heavy atom. The number of nitrogens with one attached hydrogen (secondary N) is 1. The molecule has 1 aromatic rings. The molecule has 0 aliphatic carbocycles. The molecule has 0 aromatic carbocycles. The van der Waals surface area contributed by atoms with Gasteiger partial charge in [-0.3, -0.25) is 4.79 Å². The van der Waals surface area contributed by atoms with Crippen LogP contribution in [0.3, 0.4) is 0 Å². The zero-order valence-electron chi connectivity index (χ0n) is 11.4. The van der Waals surface area contributed by atoms with Gasteiger partial charge in [0.1, 0.15) is 11.1 Å². The van der Waals surface area contributed by atoms with Crippen molar-refractivity contribution in [3.8, 4) is 0 Å². The first-order valence-corrected chi connectivity index (χ1v) is 6.40.